The molecule has 0 fully saturated rings. The summed E-state index contributed by atoms with van der Waals surface area (Å²) in [4.78, 5) is 10.7. The monoisotopic (exact) mass is 318 g/mol. The zero-order chi connectivity index (χ0) is 17.6. The Kier molecular flexibility index (Phi) is 6.92. The van der Waals surface area contributed by atoms with E-state index in [0.717, 1.165) is 24.8 Å². The molecule has 4 heteroatoms. The van der Waals surface area contributed by atoms with Gasteiger partial charge in [-0.3, -0.25) is 4.79 Å². The first-order valence-electron chi connectivity index (χ1n) is 7.83. The molecule has 0 spiro atoms. The Balaban J connectivity index is 2.81. The third kappa shape index (κ3) is 5.19. The minimum absolute atomic E-state index is 0.188. The fraction of sp³-hybridized carbons (Fsp3) is 0.474. The molecule has 23 heavy (non-hydrogen) atoms. The number of carbonyl (C=O) groups is 1. The third-order valence-corrected chi connectivity index (χ3v) is 4.00. The molecule has 0 radical (unpaired) electrons. The van der Waals surface area contributed by atoms with Crippen LogP contribution in [-0.4, -0.2) is 22.8 Å². The van der Waals surface area contributed by atoms with Crippen LogP contribution in [0.3, 0.4) is 0 Å². The zero-order valence-corrected chi connectivity index (χ0v) is 14.6. The van der Waals surface area contributed by atoms with E-state index in [1.54, 1.807) is 26.8 Å². The molecule has 0 aromatic heterocycles. The molecular formula is C19H26O4. The lowest BCUT2D eigenvalue weighted by molar-refractivity contribution is -0.141. The Labute approximate surface area is 138 Å². The van der Waals surface area contributed by atoms with Crippen LogP contribution in [0.4, 0.5) is 0 Å². The number of aromatic hydroxyl groups is 2. The lowest BCUT2D eigenvalue weighted by Crippen LogP contribution is -2.00. The van der Waals surface area contributed by atoms with Crippen LogP contribution < -0.4 is 0 Å². The molecule has 4 nitrogen and oxygen atoms in total. The van der Waals surface area contributed by atoms with E-state index >= 15 is 0 Å². The number of esters is 1. The first kappa shape index (κ1) is 18.9. The Bertz CT molecular complexity index is 621. The molecule has 1 aromatic rings. The van der Waals surface area contributed by atoms with E-state index < -0.39 is 0 Å². The second kappa shape index (κ2) is 8.44. The highest BCUT2D eigenvalue weighted by Crippen LogP contribution is 2.36. The molecule has 0 aliphatic carbocycles. The number of benzene rings is 1. The van der Waals surface area contributed by atoms with Gasteiger partial charge in [-0.05, 0) is 69.7 Å². The quantitative estimate of drug-likeness (QED) is 0.355. The van der Waals surface area contributed by atoms with Crippen molar-refractivity contribution in [2.45, 2.75) is 53.9 Å². The zero-order valence-electron chi connectivity index (χ0n) is 14.6. The predicted octanol–water partition coefficient (Wildman–Crippen LogP) is 4.31. The summed E-state index contributed by atoms with van der Waals surface area (Å²) >= 11 is 0. The number of rotatable bonds is 6. The fourth-order valence-corrected chi connectivity index (χ4v) is 2.30. The van der Waals surface area contributed by atoms with Gasteiger partial charge in [-0.25, -0.2) is 0 Å². The second-order valence-electron chi connectivity index (χ2n) is 5.85. The van der Waals surface area contributed by atoms with E-state index in [1.807, 2.05) is 6.92 Å². The van der Waals surface area contributed by atoms with Crippen molar-refractivity contribution in [2.75, 3.05) is 6.61 Å². The Morgan fingerprint density at radius 2 is 1.65 bits per heavy atom. The van der Waals surface area contributed by atoms with Crippen LogP contribution in [0.1, 0.15) is 55.4 Å². The SMILES string of the molecule is CC(=O)OCCCCC(C)=C=Cc1c(C)c(O)c(C)c(C)c1O. The summed E-state index contributed by atoms with van der Waals surface area (Å²) in [5.74, 6) is 0.151. The topological polar surface area (TPSA) is 66.8 Å². The Hall–Kier alpha value is -2.19. The van der Waals surface area contributed by atoms with Crippen molar-refractivity contribution in [3.8, 4) is 11.5 Å². The van der Waals surface area contributed by atoms with E-state index in [0.29, 0.717) is 28.9 Å². The smallest absolute Gasteiger partial charge is 0.302 e. The molecule has 2 N–H and O–H groups in total. The third-order valence-electron chi connectivity index (χ3n) is 4.00. The number of allylic oxidation sites excluding steroid dienone is 1. The van der Waals surface area contributed by atoms with Crippen LogP contribution in [-0.2, 0) is 9.53 Å². The van der Waals surface area contributed by atoms with E-state index in [-0.39, 0.29) is 17.5 Å². The van der Waals surface area contributed by atoms with Gasteiger partial charge < -0.3 is 14.9 Å². The van der Waals surface area contributed by atoms with Crippen LogP contribution in [0, 0.1) is 20.8 Å². The highest BCUT2D eigenvalue weighted by atomic mass is 16.5. The van der Waals surface area contributed by atoms with Gasteiger partial charge in [-0.1, -0.05) is 0 Å². The number of carbonyl (C=O) groups excluding carboxylic acids is 1. The first-order chi connectivity index (χ1) is 10.8. The van der Waals surface area contributed by atoms with Gasteiger partial charge >= 0.3 is 5.97 Å². The fourth-order valence-electron chi connectivity index (χ4n) is 2.30. The van der Waals surface area contributed by atoms with Crippen molar-refractivity contribution >= 4 is 12.0 Å². The van der Waals surface area contributed by atoms with Gasteiger partial charge in [0.05, 0.1) is 6.61 Å². The molecule has 1 rings (SSSR count). The summed E-state index contributed by atoms with van der Waals surface area (Å²) in [6.07, 6.45) is 4.28. The van der Waals surface area contributed by atoms with E-state index in [1.165, 1.54) is 6.92 Å². The summed E-state index contributed by atoms with van der Waals surface area (Å²) < 4.78 is 4.88. The summed E-state index contributed by atoms with van der Waals surface area (Å²) in [7, 11) is 0. The van der Waals surface area contributed by atoms with Crippen molar-refractivity contribution < 1.29 is 19.7 Å². The Morgan fingerprint density at radius 3 is 2.26 bits per heavy atom. The summed E-state index contributed by atoms with van der Waals surface area (Å²) in [6, 6.07) is 0. The van der Waals surface area contributed by atoms with Crippen LogP contribution in [0.2, 0.25) is 0 Å². The molecule has 0 saturated carbocycles. The lowest BCUT2D eigenvalue weighted by Gasteiger charge is -2.12. The van der Waals surface area contributed by atoms with E-state index in [9.17, 15) is 15.0 Å². The molecule has 0 aliphatic heterocycles. The van der Waals surface area contributed by atoms with Crippen molar-refractivity contribution in [3.63, 3.8) is 0 Å². The second-order valence-corrected chi connectivity index (χ2v) is 5.85. The highest BCUT2D eigenvalue weighted by Gasteiger charge is 2.14. The minimum atomic E-state index is -0.252. The van der Waals surface area contributed by atoms with Gasteiger partial charge in [-0.15, -0.1) is 5.73 Å². The van der Waals surface area contributed by atoms with Crippen LogP contribution in [0.5, 0.6) is 11.5 Å². The number of unbranched alkanes of at least 4 members (excludes halogenated alkanes) is 1. The largest absolute Gasteiger partial charge is 0.507 e. The average molecular weight is 318 g/mol. The maximum Gasteiger partial charge on any atom is 0.302 e. The molecule has 0 aliphatic rings. The van der Waals surface area contributed by atoms with E-state index in [4.69, 9.17) is 4.74 Å². The first-order valence-corrected chi connectivity index (χ1v) is 7.83. The van der Waals surface area contributed by atoms with Crippen molar-refractivity contribution in [2.24, 2.45) is 0 Å². The highest BCUT2D eigenvalue weighted by molar-refractivity contribution is 5.68. The summed E-state index contributed by atoms with van der Waals surface area (Å²) in [6.45, 7) is 9.17. The molecule has 0 unspecified atom stereocenters. The molecular weight excluding hydrogens is 292 g/mol. The molecule has 1 aromatic carbocycles. The predicted molar refractivity (Wildman–Crippen MR) is 91.6 cm³/mol. The van der Waals surface area contributed by atoms with Gasteiger partial charge in [-0.2, -0.15) is 0 Å². The van der Waals surface area contributed by atoms with Crippen LogP contribution in [0.25, 0.3) is 6.08 Å². The van der Waals surface area contributed by atoms with Crippen LogP contribution in [0.15, 0.2) is 11.3 Å². The van der Waals surface area contributed by atoms with Crippen LogP contribution >= 0.6 is 0 Å². The van der Waals surface area contributed by atoms with Gasteiger partial charge in [0.1, 0.15) is 11.5 Å². The maximum absolute atomic E-state index is 10.7. The lowest BCUT2D eigenvalue weighted by atomic mass is 9.97. The minimum Gasteiger partial charge on any atom is -0.507 e. The number of hydrogen-bond donors (Lipinski definition) is 2. The van der Waals surface area contributed by atoms with Gasteiger partial charge in [0.2, 0.25) is 0 Å². The molecule has 0 amide bonds. The summed E-state index contributed by atoms with van der Waals surface area (Å²) in [5, 5.41) is 20.4. The van der Waals surface area contributed by atoms with E-state index in [2.05, 4.69) is 5.73 Å². The molecule has 0 saturated heterocycles. The van der Waals surface area contributed by atoms with Crippen molar-refractivity contribution in [1.82, 2.24) is 0 Å². The van der Waals surface area contributed by atoms with Crippen molar-refractivity contribution in [3.05, 3.63) is 33.6 Å². The number of phenolic OH excluding ortho intramolecular Hbond substituents is 2. The van der Waals surface area contributed by atoms with Gasteiger partial charge in [0.25, 0.3) is 0 Å². The number of phenols is 2. The standard InChI is InChI=1S/C19H26O4/c1-12(8-6-7-11-23-16(5)20)9-10-17-15(4)18(21)13(2)14(3)19(17)22/h10,21-22H,6-8,11H2,1-5H3. The average Bonchev–Trinajstić information content (AvgIpc) is 2.50. The molecule has 126 valence electrons. The number of ether oxygens (including phenoxy) is 1. The Morgan fingerprint density at radius 1 is 1.04 bits per heavy atom. The van der Waals surface area contributed by atoms with Gasteiger partial charge in [0.15, 0.2) is 0 Å². The van der Waals surface area contributed by atoms with Crippen molar-refractivity contribution in [1.29, 1.82) is 0 Å². The molecule has 0 atom stereocenters. The summed E-state index contributed by atoms with van der Waals surface area (Å²) in [5.41, 5.74) is 6.85. The normalized spacial score (nSPS) is 10.1. The number of hydrogen-bond acceptors (Lipinski definition) is 4. The van der Waals surface area contributed by atoms with Gasteiger partial charge in [0, 0.05) is 18.1 Å². The molecule has 0 bridgehead atoms. The molecule has 0 heterocycles. The maximum atomic E-state index is 10.7.